The zero-order chi connectivity index (χ0) is 34.5. The lowest BCUT2D eigenvalue weighted by atomic mass is 9.94. The van der Waals surface area contributed by atoms with Gasteiger partial charge in [0.2, 0.25) is 11.8 Å². The molecule has 0 saturated carbocycles. The maximum Gasteiger partial charge on any atom is 0.232 e. The van der Waals surface area contributed by atoms with E-state index in [-0.39, 0.29) is 35.3 Å². The first-order chi connectivity index (χ1) is 24.4. The number of ether oxygens (including phenoxy) is 2. The minimum absolute atomic E-state index is 0.138. The minimum atomic E-state index is -0.404. The van der Waals surface area contributed by atoms with Crippen molar-refractivity contribution in [2.45, 2.75) is 12.8 Å². The van der Waals surface area contributed by atoms with Gasteiger partial charge in [-0.05, 0) is 70.3 Å². The first-order valence-electron chi connectivity index (χ1n) is 15.6. The van der Waals surface area contributed by atoms with Crippen molar-refractivity contribution < 1.29 is 22.7 Å². The van der Waals surface area contributed by atoms with Gasteiger partial charge in [-0.2, -0.15) is 10.5 Å². The quantitative estimate of drug-likeness (QED) is 0.165. The second kappa shape index (κ2) is 12.3. The van der Waals surface area contributed by atoms with Crippen molar-refractivity contribution in [3.63, 3.8) is 0 Å². The Morgan fingerprint density at radius 3 is 2.18 bits per heavy atom. The summed E-state index contributed by atoms with van der Waals surface area (Å²) in [5, 5.41) is 21.6. The van der Waals surface area contributed by atoms with Crippen molar-refractivity contribution in [1.29, 1.82) is 10.5 Å². The molecule has 0 saturated heterocycles. The third-order valence-electron chi connectivity index (χ3n) is 8.91. The molecule has 0 spiro atoms. The maximum atomic E-state index is 13.9. The highest BCUT2D eigenvalue weighted by atomic mass is 35.5. The molecule has 0 radical (unpaired) electrons. The van der Waals surface area contributed by atoms with Gasteiger partial charge in [-0.25, -0.2) is 18.7 Å². The highest BCUT2D eigenvalue weighted by Crippen LogP contribution is 2.47. The summed E-state index contributed by atoms with van der Waals surface area (Å²) in [6.45, 7) is 0.177. The van der Waals surface area contributed by atoms with E-state index < -0.39 is 5.82 Å². The molecular formula is C40H23ClF2N4O3. The summed E-state index contributed by atoms with van der Waals surface area (Å²) < 4.78 is 45.7. The van der Waals surface area contributed by atoms with Gasteiger partial charge >= 0.3 is 0 Å². The number of nitrogens with zero attached hydrogens (tertiary/aromatic N) is 4. The molecule has 0 fully saturated rings. The molecule has 3 heterocycles. The van der Waals surface area contributed by atoms with Crippen LogP contribution in [0.4, 0.5) is 8.78 Å². The fraction of sp³-hybridized carbons (Fsp3) is 0.100. The number of halogens is 3. The van der Waals surface area contributed by atoms with Crippen molar-refractivity contribution >= 4 is 33.7 Å². The third kappa shape index (κ3) is 5.07. The summed E-state index contributed by atoms with van der Waals surface area (Å²) in [5.74, 6) is -0.487. The third-order valence-corrected chi connectivity index (χ3v) is 9.23. The van der Waals surface area contributed by atoms with E-state index in [0.717, 1.165) is 22.3 Å². The summed E-state index contributed by atoms with van der Waals surface area (Å²) in [6.07, 6.45) is 0.960. The van der Waals surface area contributed by atoms with Crippen molar-refractivity contribution in [3.05, 3.63) is 129 Å². The molecule has 0 atom stereocenters. The first kappa shape index (κ1) is 31.0. The average Bonchev–Trinajstić information content (AvgIpc) is 3.69. The molecule has 7 nitrogen and oxygen atoms in total. The predicted octanol–water partition coefficient (Wildman–Crippen LogP) is 9.59. The van der Waals surface area contributed by atoms with Crippen LogP contribution in [0.25, 0.3) is 55.6 Å². The number of furan rings is 1. The molecule has 3 aromatic heterocycles. The van der Waals surface area contributed by atoms with Crippen LogP contribution < -0.4 is 9.47 Å². The molecule has 242 valence electrons. The Morgan fingerprint density at radius 1 is 0.820 bits per heavy atom. The molecule has 1 aliphatic rings. The monoisotopic (exact) mass is 680 g/mol. The zero-order valence-electron chi connectivity index (χ0n) is 26.4. The van der Waals surface area contributed by atoms with Crippen molar-refractivity contribution in [2.75, 3.05) is 13.7 Å². The van der Waals surface area contributed by atoms with Gasteiger partial charge in [0, 0.05) is 29.4 Å². The van der Waals surface area contributed by atoms with Gasteiger partial charge in [0.15, 0.2) is 5.58 Å². The summed E-state index contributed by atoms with van der Waals surface area (Å²) in [7, 11) is 1.44. The molecule has 0 amide bonds. The lowest BCUT2D eigenvalue weighted by Gasteiger charge is -2.16. The van der Waals surface area contributed by atoms with Crippen LogP contribution in [0.3, 0.4) is 0 Å². The van der Waals surface area contributed by atoms with Crippen molar-refractivity contribution in [2.24, 2.45) is 0 Å². The van der Waals surface area contributed by atoms with Gasteiger partial charge in [-0.1, -0.05) is 54.1 Å². The number of pyridine rings is 2. The highest BCUT2D eigenvalue weighted by molar-refractivity contribution is 6.33. The fourth-order valence-corrected chi connectivity index (χ4v) is 6.93. The zero-order valence-corrected chi connectivity index (χ0v) is 27.1. The van der Waals surface area contributed by atoms with Gasteiger partial charge in [0.05, 0.1) is 30.0 Å². The number of nitriles is 2. The Labute approximate surface area is 289 Å². The molecule has 10 heteroatoms. The topological polar surface area (TPSA) is 105 Å². The van der Waals surface area contributed by atoms with Crippen LogP contribution in [0.2, 0.25) is 5.02 Å². The van der Waals surface area contributed by atoms with Gasteiger partial charge in [0.1, 0.15) is 46.0 Å². The molecule has 0 unspecified atom stereocenters. The minimum Gasteiger partial charge on any atom is -0.480 e. The number of hydrogen-bond acceptors (Lipinski definition) is 7. The van der Waals surface area contributed by atoms with Crippen LogP contribution in [-0.4, -0.2) is 23.7 Å². The highest BCUT2D eigenvalue weighted by Gasteiger charge is 2.30. The number of benzene rings is 4. The lowest BCUT2D eigenvalue weighted by Crippen LogP contribution is -2.07. The van der Waals surface area contributed by atoms with E-state index in [1.165, 1.54) is 31.4 Å². The Hall–Kier alpha value is -6.29. The standard InChI is InChI=1S/C40H23ClF2N4O3/c1-48-39-30(20-45)34(23-8-12-26(43)13-9-23)38-37(47-39)27-14-5-21(17-32(27)50-38)15-16-49-40-29(19-44)33(22-6-10-25(42)11-7-22)28-18-24-3-2-4-31(41)35(24)36(28)46-40/h2-14,17H,15-16,18H2,1H3. The van der Waals surface area contributed by atoms with E-state index >= 15 is 0 Å². The van der Waals surface area contributed by atoms with E-state index in [2.05, 4.69) is 17.1 Å². The number of hydrogen-bond donors (Lipinski definition) is 0. The van der Waals surface area contributed by atoms with E-state index in [0.29, 0.717) is 67.9 Å². The summed E-state index contributed by atoms with van der Waals surface area (Å²) in [6, 6.07) is 27.6. The number of aromatic nitrogens is 2. The second-order valence-corrected chi connectivity index (χ2v) is 12.2. The average molecular weight is 681 g/mol. The Kier molecular flexibility index (Phi) is 7.63. The van der Waals surface area contributed by atoms with Crippen LogP contribution >= 0.6 is 11.6 Å². The SMILES string of the molecule is COc1nc2c(oc3cc(CCOc4nc5c(c(-c6ccc(F)cc6)c4C#N)Cc4cccc(Cl)c4-5)ccc32)c(-c2ccc(F)cc2)c1C#N. The Balaban J connectivity index is 1.16. The predicted molar refractivity (Wildman–Crippen MR) is 185 cm³/mol. The molecule has 1 aliphatic carbocycles. The smallest absolute Gasteiger partial charge is 0.232 e. The van der Waals surface area contributed by atoms with Crippen LogP contribution in [0.5, 0.6) is 11.8 Å². The van der Waals surface area contributed by atoms with Crippen molar-refractivity contribution in [3.8, 4) is 57.4 Å². The number of fused-ring (bicyclic) bond motifs is 6. The molecule has 0 bridgehead atoms. The fourth-order valence-electron chi connectivity index (χ4n) is 6.65. The normalized spacial score (nSPS) is 11.6. The van der Waals surface area contributed by atoms with E-state index in [1.807, 2.05) is 30.3 Å². The summed E-state index contributed by atoms with van der Waals surface area (Å²) >= 11 is 6.64. The van der Waals surface area contributed by atoms with Gasteiger partial charge < -0.3 is 13.9 Å². The number of rotatable bonds is 7. The molecule has 4 aromatic carbocycles. The Bertz CT molecular complexity index is 2590. The summed E-state index contributed by atoms with van der Waals surface area (Å²) in [4.78, 5) is 9.41. The largest absolute Gasteiger partial charge is 0.480 e. The van der Waals surface area contributed by atoms with Crippen LogP contribution in [0, 0.1) is 34.3 Å². The molecule has 8 rings (SSSR count). The van der Waals surface area contributed by atoms with E-state index in [4.69, 9.17) is 30.5 Å². The maximum absolute atomic E-state index is 13.9. The summed E-state index contributed by atoms with van der Waals surface area (Å²) in [5.41, 5.74) is 8.34. The van der Waals surface area contributed by atoms with Gasteiger partial charge in [-0.15, -0.1) is 0 Å². The van der Waals surface area contributed by atoms with Crippen molar-refractivity contribution in [1.82, 2.24) is 9.97 Å². The molecule has 0 N–H and O–H groups in total. The first-order valence-corrected chi connectivity index (χ1v) is 16.0. The number of methoxy groups -OCH3 is 1. The van der Waals surface area contributed by atoms with E-state index in [9.17, 15) is 19.3 Å². The lowest BCUT2D eigenvalue weighted by molar-refractivity contribution is 0.309. The Morgan fingerprint density at radius 2 is 1.50 bits per heavy atom. The molecule has 7 aromatic rings. The second-order valence-electron chi connectivity index (χ2n) is 11.8. The molecule has 50 heavy (non-hydrogen) atoms. The van der Waals surface area contributed by atoms with Gasteiger partial charge in [-0.3, -0.25) is 0 Å². The molecular weight excluding hydrogens is 658 g/mol. The van der Waals surface area contributed by atoms with Gasteiger partial charge in [0.25, 0.3) is 0 Å². The van der Waals surface area contributed by atoms with Crippen LogP contribution in [-0.2, 0) is 12.8 Å². The van der Waals surface area contributed by atoms with E-state index in [1.54, 1.807) is 30.3 Å². The van der Waals surface area contributed by atoms with Crippen LogP contribution in [0.1, 0.15) is 27.8 Å². The van der Waals surface area contributed by atoms with Crippen LogP contribution in [0.15, 0.2) is 89.3 Å². The molecule has 0 aliphatic heterocycles.